The molecule has 12 aromatic rings. The number of aromatic nitrogens is 3. The van der Waals surface area contributed by atoms with Gasteiger partial charge in [0.25, 0.3) is 0 Å². The van der Waals surface area contributed by atoms with Gasteiger partial charge in [-0.2, -0.15) is 0 Å². The minimum Gasteiger partial charge on any atom is -0.208 e. The van der Waals surface area contributed by atoms with Crippen LogP contribution in [-0.2, 0) is 5.41 Å². The van der Waals surface area contributed by atoms with E-state index in [0.29, 0.717) is 17.5 Å². The molecule has 0 fully saturated rings. The predicted molar refractivity (Wildman–Crippen MR) is 266 cm³/mol. The van der Waals surface area contributed by atoms with Crippen molar-refractivity contribution in [3.63, 3.8) is 0 Å². The van der Waals surface area contributed by atoms with Crippen molar-refractivity contribution in [3.05, 3.63) is 235 Å². The van der Waals surface area contributed by atoms with E-state index < -0.39 is 5.41 Å². The summed E-state index contributed by atoms with van der Waals surface area (Å²) >= 11 is 1.89. The molecule has 0 saturated heterocycles. The lowest BCUT2D eigenvalue weighted by molar-refractivity contribution is 0.794. The fourth-order valence-electron chi connectivity index (χ4n) is 11.0. The Morgan fingerprint density at radius 2 is 0.797 bits per heavy atom. The van der Waals surface area contributed by atoms with Crippen LogP contribution in [0.25, 0.3) is 109 Å². The molecule has 14 rings (SSSR count). The molecule has 1 spiro atoms. The van der Waals surface area contributed by atoms with E-state index in [2.05, 4.69) is 194 Å². The monoisotopic (exact) mass is 829 g/mol. The molecule has 0 N–H and O–H groups in total. The fraction of sp³-hybridized carbons (Fsp3) is 0.0167. The van der Waals surface area contributed by atoms with Gasteiger partial charge in [0.2, 0.25) is 0 Å². The van der Waals surface area contributed by atoms with Crippen molar-refractivity contribution < 1.29 is 0 Å². The van der Waals surface area contributed by atoms with E-state index >= 15 is 0 Å². The standard InChI is InChI=1S/C60H35N3S/c1-2-15-38(16-3-1)57-61-58(40-18-12-17-39(34-40)43-23-13-24-47-48-32-30-37-29-28-36-14-4-5-19-42(36)54(37)56(48)64-55(43)47)63-59(62-57)41-31-33-53-49(35-41)46-22-8-11-27-52(46)60(53)50-25-9-6-20-44(50)45-21-7-10-26-51(45)60/h1-35H. The van der Waals surface area contributed by atoms with E-state index in [1.165, 1.54) is 91.8 Å². The first kappa shape index (κ1) is 35.5. The third kappa shape index (κ3) is 4.94. The van der Waals surface area contributed by atoms with Crippen LogP contribution >= 0.6 is 11.3 Å². The SMILES string of the molecule is c1ccc(-c2nc(-c3cccc(-c4cccc5c4sc4c5ccc5ccc6ccccc6c54)c3)nc(-c3ccc4c(c3)-c3ccccc3C43c4ccccc4-c4ccccc43)n2)cc1. The highest BCUT2D eigenvalue weighted by molar-refractivity contribution is 7.27. The smallest absolute Gasteiger partial charge is 0.164 e. The minimum atomic E-state index is -0.407. The van der Waals surface area contributed by atoms with E-state index in [1.54, 1.807) is 0 Å². The third-order valence-electron chi connectivity index (χ3n) is 13.7. The summed E-state index contributed by atoms with van der Waals surface area (Å²) < 4.78 is 2.60. The Labute approximate surface area is 373 Å². The summed E-state index contributed by atoms with van der Waals surface area (Å²) in [7, 11) is 0. The Morgan fingerprint density at radius 1 is 0.297 bits per heavy atom. The first-order valence-electron chi connectivity index (χ1n) is 21.8. The molecule has 3 nitrogen and oxygen atoms in total. The number of hydrogen-bond donors (Lipinski definition) is 0. The van der Waals surface area contributed by atoms with E-state index in [1.807, 2.05) is 29.5 Å². The first-order chi connectivity index (χ1) is 31.7. The lowest BCUT2D eigenvalue weighted by atomic mass is 9.70. The number of rotatable bonds is 4. The second-order valence-corrected chi connectivity index (χ2v) is 18.0. The molecule has 0 atom stereocenters. The zero-order valence-electron chi connectivity index (χ0n) is 34.5. The summed E-state index contributed by atoms with van der Waals surface area (Å²) in [6.45, 7) is 0. The molecule has 0 radical (unpaired) electrons. The fourth-order valence-corrected chi connectivity index (χ4v) is 12.4. The van der Waals surface area contributed by atoms with E-state index in [0.717, 1.165) is 22.3 Å². The van der Waals surface area contributed by atoms with Crippen molar-refractivity contribution in [2.75, 3.05) is 0 Å². The predicted octanol–water partition coefficient (Wildman–Crippen LogP) is 15.6. The summed E-state index contributed by atoms with van der Waals surface area (Å²) in [6, 6.07) is 77.1. The molecular weight excluding hydrogens is 795 g/mol. The molecule has 2 aliphatic rings. The van der Waals surface area contributed by atoms with Crippen LogP contribution in [-0.4, -0.2) is 15.0 Å². The summed E-state index contributed by atoms with van der Waals surface area (Å²) in [5.41, 5.74) is 15.1. The Bertz CT molecular complexity index is 3880. The highest BCUT2D eigenvalue weighted by Gasteiger charge is 2.51. The molecule has 0 unspecified atom stereocenters. The average Bonchev–Trinajstić information content (AvgIpc) is 4.00. The normalized spacial score (nSPS) is 13.1. The minimum absolute atomic E-state index is 0.407. The molecule has 296 valence electrons. The van der Waals surface area contributed by atoms with Gasteiger partial charge in [-0.1, -0.05) is 200 Å². The Hall–Kier alpha value is -8.05. The van der Waals surface area contributed by atoms with Gasteiger partial charge in [0, 0.05) is 42.2 Å². The maximum Gasteiger partial charge on any atom is 0.164 e. The van der Waals surface area contributed by atoms with Gasteiger partial charge >= 0.3 is 0 Å². The van der Waals surface area contributed by atoms with Crippen LogP contribution in [0.4, 0.5) is 0 Å². The Kier molecular flexibility index (Phi) is 7.48. The summed E-state index contributed by atoms with van der Waals surface area (Å²) in [5.74, 6) is 1.93. The molecule has 0 bridgehead atoms. The third-order valence-corrected chi connectivity index (χ3v) is 15.0. The van der Waals surface area contributed by atoms with Crippen molar-refractivity contribution in [2.24, 2.45) is 0 Å². The molecule has 0 aliphatic heterocycles. The van der Waals surface area contributed by atoms with Gasteiger partial charge in [0.05, 0.1) is 5.41 Å². The molecule has 0 amide bonds. The Morgan fingerprint density at radius 3 is 1.55 bits per heavy atom. The molecule has 0 saturated carbocycles. The topological polar surface area (TPSA) is 38.7 Å². The molecule has 2 heterocycles. The van der Waals surface area contributed by atoms with Crippen LogP contribution in [0.5, 0.6) is 0 Å². The van der Waals surface area contributed by atoms with Crippen LogP contribution in [0, 0.1) is 0 Å². The summed E-state index contributed by atoms with van der Waals surface area (Å²) in [4.78, 5) is 15.7. The van der Waals surface area contributed by atoms with Crippen molar-refractivity contribution in [1.82, 2.24) is 15.0 Å². The van der Waals surface area contributed by atoms with Gasteiger partial charge in [-0.05, 0) is 83.9 Å². The number of benzene rings is 10. The largest absolute Gasteiger partial charge is 0.208 e. The number of hydrogen-bond acceptors (Lipinski definition) is 4. The average molecular weight is 830 g/mol. The quantitative estimate of drug-likeness (QED) is 0.166. The second kappa shape index (κ2) is 13.5. The summed E-state index contributed by atoms with van der Waals surface area (Å²) in [6.07, 6.45) is 0. The van der Waals surface area contributed by atoms with Crippen molar-refractivity contribution >= 4 is 53.1 Å². The van der Waals surface area contributed by atoms with Crippen LogP contribution in [0.2, 0.25) is 0 Å². The van der Waals surface area contributed by atoms with Crippen LogP contribution in [0.1, 0.15) is 22.3 Å². The van der Waals surface area contributed by atoms with E-state index in [9.17, 15) is 0 Å². The van der Waals surface area contributed by atoms with E-state index in [-0.39, 0.29) is 0 Å². The molecular formula is C60H35N3S. The number of thiophene rings is 1. The zero-order valence-corrected chi connectivity index (χ0v) is 35.3. The maximum absolute atomic E-state index is 5.32. The van der Waals surface area contributed by atoms with Gasteiger partial charge in [-0.25, -0.2) is 15.0 Å². The number of nitrogens with zero attached hydrogens (tertiary/aromatic N) is 3. The highest BCUT2D eigenvalue weighted by Crippen LogP contribution is 2.63. The molecule has 10 aromatic carbocycles. The molecule has 64 heavy (non-hydrogen) atoms. The lowest BCUT2D eigenvalue weighted by Crippen LogP contribution is -2.25. The van der Waals surface area contributed by atoms with Crippen molar-refractivity contribution in [3.8, 4) is 67.5 Å². The van der Waals surface area contributed by atoms with Gasteiger partial charge in [0.1, 0.15) is 0 Å². The van der Waals surface area contributed by atoms with Crippen LogP contribution < -0.4 is 0 Å². The first-order valence-corrected chi connectivity index (χ1v) is 22.7. The van der Waals surface area contributed by atoms with Gasteiger partial charge in [-0.3, -0.25) is 0 Å². The molecule has 2 aliphatic carbocycles. The van der Waals surface area contributed by atoms with Gasteiger partial charge in [0.15, 0.2) is 17.5 Å². The summed E-state index contributed by atoms with van der Waals surface area (Å²) in [5, 5.41) is 7.71. The van der Waals surface area contributed by atoms with Crippen molar-refractivity contribution in [2.45, 2.75) is 5.41 Å². The highest BCUT2D eigenvalue weighted by atomic mass is 32.1. The zero-order chi connectivity index (χ0) is 41.9. The van der Waals surface area contributed by atoms with E-state index in [4.69, 9.17) is 15.0 Å². The van der Waals surface area contributed by atoms with Gasteiger partial charge < -0.3 is 0 Å². The maximum atomic E-state index is 5.32. The second-order valence-electron chi connectivity index (χ2n) is 17.0. The number of fused-ring (bicyclic) bond motifs is 17. The van der Waals surface area contributed by atoms with Crippen LogP contribution in [0.3, 0.4) is 0 Å². The van der Waals surface area contributed by atoms with Crippen LogP contribution in [0.15, 0.2) is 212 Å². The van der Waals surface area contributed by atoms with Gasteiger partial charge in [-0.15, -0.1) is 11.3 Å². The lowest BCUT2D eigenvalue weighted by Gasteiger charge is -2.30. The molecule has 2 aromatic heterocycles. The Balaban J connectivity index is 0.937. The van der Waals surface area contributed by atoms with Crippen molar-refractivity contribution in [1.29, 1.82) is 0 Å². The molecule has 4 heteroatoms.